The third-order valence-corrected chi connectivity index (χ3v) is 4.86. The van der Waals surface area contributed by atoms with Crippen molar-refractivity contribution >= 4 is 11.6 Å². The average molecular weight is 451 g/mol. The van der Waals surface area contributed by atoms with Gasteiger partial charge < -0.3 is 19.7 Å². The highest BCUT2D eigenvalue weighted by Crippen LogP contribution is 2.34. The van der Waals surface area contributed by atoms with Crippen molar-refractivity contribution in [3.63, 3.8) is 0 Å². The molecule has 1 atom stereocenters. The quantitative estimate of drug-likeness (QED) is 0.537. The molecular weight excluding hydrogens is 430 g/mol. The number of carbonyl (C=O) groups is 1. The average Bonchev–Trinajstić information content (AvgIpc) is 3.10. The molecule has 0 spiro atoms. The smallest absolute Gasteiger partial charge is 0.425 e. The van der Waals surface area contributed by atoms with E-state index in [9.17, 15) is 27.5 Å². The maximum absolute atomic E-state index is 14.9. The number of aryl methyl sites for hydroxylation is 2. The van der Waals surface area contributed by atoms with Crippen LogP contribution in [-0.2, 0) is 13.7 Å². The minimum absolute atomic E-state index is 0.0735. The molecule has 3 aromatic rings. The number of amides is 1. The molecule has 2 aromatic carbocycles. The van der Waals surface area contributed by atoms with Gasteiger partial charge in [-0.05, 0) is 37.6 Å². The molecule has 0 radical (unpaired) electrons. The number of aliphatic hydroxyl groups is 1. The molecule has 0 unspecified atom stereocenters. The molecule has 3 rings (SSSR count). The van der Waals surface area contributed by atoms with Crippen molar-refractivity contribution in [2.75, 3.05) is 5.32 Å². The molecule has 10 heteroatoms. The number of alkyl halides is 3. The number of nitrogens with one attached hydrogen (secondary N) is 1. The summed E-state index contributed by atoms with van der Waals surface area (Å²) in [7, 11) is 1.58. The third-order valence-electron chi connectivity index (χ3n) is 4.86. The van der Waals surface area contributed by atoms with Gasteiger partial charge in [-0.3, -0.25) is 4.79 Å². The Morgan fingerprint density at radius 3 is 2.56 bits per heavy atom. The lowest BCUT2D eigenvalue weighted by molar-refractivity contribution is -0.189. The Morgan fingerprint density at radius 1 is 1.28 bits per heavy atom. The Kier molecular flexibility index (Phi) is 6.54. The maximum Gasteiger partial charge on any atom is 0.425 e. The number of imidazole rings is 1. The lowest BCUT2D eigenvalue weighted by atomic mass is 10.1. The van der Waals surface area contributed by atoms with Gasteiger partial charge in [0, 0.05) is 24.5 Å². The number of ether oxygens (including phenoxy) is 1. The molecule has 0 bridgehead atoms. The van der Waals surface area contributed by atoms with Crippen molar-refractivity contribution in [1.29, 1.82) is 0 Å². The zero-order valence-corrected chi connectivity index (χ0v) is 17.5. The second-order valence-electron chi connectivity index (χ2n) is 7.21. The van der Waals surface area contributed by atoms with E-state index >= 15 is 0 Å². The van der Waals surface area contributed by atoms with E-state index in [4.69, 9.17) is 4.74 Å². The molecule has 1 aromatic heterocycles. The van der Waals surface area contributed by atoms with Crippen LogP contribution in [0.1, 0.15) is 28.7 Å². The summed E-state index contributed by atoms with van der Waals surface area (Å²) in [6, 6.07) is 8.60. The number of aliphatic hydroxyl groups excluding tert-OH is 1. The summed E-state index contributed by atoms with van der Waals surface area (Å²) >= 11 is 0. The summed E-state index contributed by atoms with van der Waals surface area (Å²) in [4.78, 5) is 16.9. The molecule has 1 amide bonds. The molecular formula is C22H21F4N3O3. The molecule has 1 heterocycles. The van der Waals surface area contributed by atoms with Crippen LogP contribution in [0.4, 0.5) is 23.2 Å². The van der Waals surface area contributed by atoms with Gasteiger partial charge in [0.25, 0.3) is 5.91 Å². The van der Waals surface area contributed by atoms with E-state index in [1.54, 1.807) is 38.2 Å². The Bertz CT molecular complexity index is 1140. The number of para-hydroxylation sites is 1. The van der Waals surface area contributed by atoms with Crippen LogP contribution in [0, 0.1) is 12.7 Å². The van der Waals surface area contributed by atoms with Gasteiger partial charge in [-0.25, -0.2) is 9.37 Å². The number of rotatable bonds is 6. The van der Waals surface area contributed by atoms with Gasteiger partial charge in [0.1, 0.15) is 24.0 Å². The molecule has 32 heavy (non-hydrogen) atoms. The molecule has 0 aliphatic rings. The molecule has 0 aliphatic heterocycles. The largest absolute Gasteiger partial charge is 0.480 e. The topological polar surface area (TPSA) is 76.4 Å². The number of carbonyl (C=O) groups excluding carboxylic acids is 1. The van der Waals surface area contributed by atoms with Gasteiger partial charge in [0.05, 0.1) is 11.3 Å². The predicted octanol–water partition coefficient (Wildman–Crippen LogP) is 4.61. The first kappa shape index (κ1) is 23.3. The number of benzene rings is 2. The van der Waals surface area contributed by atoms with Gasteiger partial charge in [-0.1, -0.05) is 18.2 Å². The fourth-order valence-electron chi connectivity index (χ4n) is 2.97. The van der Waals surface area contributed by atoms with Crippen molar-refractivity contribution in [3.8, 4) is 17.0 Å². The number of anilines is 1. The minimum Gasteiger partial charge on any atom is -0.480 e. The van der Waals surface area contributed by atoms with Gasteiger partial charge in [0.15, 0.2) is 6.10 Å². The van der Waals surface area contributed by atoms with E-state index < -0.39 is 41.9 Å². The fraction of sp³-hybridized carbons (Fsp3) is 0.273. The SMILES string of the molecule is Cc1ccccc1NC(=O)c1cc(F)c(-c2cn(C)c(CO)n2)cc1O[C@@H](C)C(F)(F)F. The minimum atomic E-state index is -4.70. The van der Waals surface area contributed by atoms with Crippen LogP contribution < -0.4 is 10.1 Å². The van der Waals surface area contributed by atoms with E-state index in [1.165, 1.54) is 10.8 Å². The van der Waals surface area contributed by atoms with Crippen molar-refractivity contribution in [3.05, 3.63) is 65.4 Å². The molecule has 6 nitrogen and oxygen atoms in total. The van der Waals surface area contributed by atoms with Gasteiger partial charge in [-0.15, -0.1) is 0 Å². The van der Waals surface area contributed by atoms with E-state index in [2.05, 4.69) is 10.3 Å². The Labute approximate surface area is 181 Å². The van der Waals surface area contributed by atoms with E-state index in [-0.39, 0.29) is 17.1 Å². The zero-order valence-electron chi connectivity index (χ0n) is 17.5. The first-order valence-corrected chi connectivity index (χ1v) is 9.58. The monoisotopic (exact) mass is 451 g/mol. The van der Waals surface area contributed by atoms with E-state index in [0.29, 0.717) is 11.3 Å². The van der Waals surface area contributed by atoms with Gasteiger partial charge in [0.2, 0.25) is 0 Å². The van der Waals surface area contributed by atoms with Crippen molar-refractivity contribution in [2.45, 2.75) is 32.7 Å². The first-order valence-electron chi connectivity index (χ1n) is 9.58. The summed E-state index contributed by atoms with van der Waals surface area (Å²) in [6.07, 6.45) is -5.54. The zero-order chi connectivity index (χ0) is 23.6. The highest BCUT2D eigenvalue weighted by Gasteiger charge is 2.39. The van der Waals surface area contributed by atoms with Crippen LogP contribution in [0.15, 0.2) is 42.6 Å². The van der Waals surface area contributed by atoms with Crippen LogP contribution in [-0.4, -0.2) is 32.8 Å². The Hall–Kier alpha value is -3.40. The third kappa shape index (κ3) is 4.91. The van der Waals surface area contributed by atoms with Crippen LogP contribution in [0.25, 0.3) is 11.3 Å². The van der Waals surface area contributed by atoms with Crippen LogP contribution in [0.3, 0.4) is 0 Å². The first-order chi connectivity index (χ1) is 15.0. The summed E-state index contributed by atoms with van der Waals surface area (Å²) < 4.78 is 60.8. The summed E-state index contributed by atoms with van der Waals surface area (Å²) in [5.41, 5.74) is 0.647. The van der Waals surface area contributed by atoms with Gasteiger partial charge >= 0.3 is 6.18 Å². The second-order valence-corrected chi connectivity index (χ2v) is 7.21. The lowest BCUT2D eigenvalue weighted by Gasteiger charge is -2.20. The molecule has 0 aliphatic carbocycles. The van der Waals surface area contributed by atoms with Crippen molar-refractivity contribution < 1.29 is 32.2 Å². The highest BCUT2D eigenvalue weighted by atomic mass is 19.4. The van der Waals surface area contributed by atoms with Crippen LogP contribution in [0.2, 0.25) is 0 Å². The molecule has 170 valence electrons. The number of halogens is 4. The molecule has 0 saturated carbocycles. The maximum atomic E-state index is 14.9. The Balaban J connectivity index is 2.07. The van der Waals surface area contributed by atoms with E-state index in [0.717, 1.165) is 19.1 Å². The number of hydrogen-bond donors (Lipinski definition) is 2. The van der Waals surface area contributed by atoms with Crippen LogP contribution >= 0.6 is 0 Å². The standard InChI is InChI=1S/C22H21F4N3O3/c1-12-6-4-5-7-17(12)28-21(31)15-8-16(23)14(18-10-29(3)20(11-30)27-18)9-19(15)32-13(2)22(24,25)26/h4-10,13,30H,11H2,1-3H3,(H,28,31)/t13-/m0/s1. The summed E-state index contributed by atoms with van der Waals surface area (Å²) in [5.74, 6) is -1.93. The van der Waals surface area contributed by atoms with Crippen LogP contribution in [0.5, 0.6) is 5.75 Å². The lowest BCUT2D eigenvalue weighted by Crippen LogP contribution is -2.32. The number of nitrogens with zero attached hydrogens (tertiary/aromatic N) is 2. The molecule has 0 saturated heterocycles. The van der Waals surface area contributed by atoms with Crippen molar-refractivity contribution in [2.24, 2.45) is 7.05 Å². The molecule has 2 N–H and O–H groups in total. The Morgan fingerprint density at radius 2 is 1.97 bits per heavy atom. The summed E-state index contributed by atoms with van der Waals surface area (Å²) in [6.45, 7) is 2.11. The normalized spacial score (nSPS) is 12.5. The fourth-order valence-corrected chi connectivity index (χ4v) is 2.97. The number of hydrogen-bond acceptors (Lipinski definition) is 4. The summed E-state index contributed by atoms with van der Waals surface area (Å²) in [5, 5.41) is 11.9. The van der Waals surface area contributed by atoms with Crippen molar-refractivity contribution in [1.82, 2.24) is 9.55 Å². The second kappa shape index (κ2) is 8.99. The molecule has 0 fully saturated rings. The van der Waals surface area contributed by atoms with E-state index in [1.807, 2.05) is 0 Å². The number of aromatic nitrogens is 2. The highest BCUT2D eigenvalue weighted by molar-refractivity contribution is 6.07. The van der Waals surface area contributed by atoms with Gasteiger partial charge in [-0.2, -0.15) is 13.2 Å². The predicted molar refractivity (Wildman–Crippen MR) is 110 cm³/mol.